The molecule has 2 heterocycles. The van der Waals surface area contributed by atoms with Crippen LogP contribution in [-0.4, -0.2) is 27.5 Å². The largest absolute Gasteiger partial charge is 0.462 e. The molecule has 140 valence electrons. The van der Waals surface area contributed by atoms with Crippen molar-refractivity contribution in [3.8, 4) is 0 Å². The Hall–Kier alpha value is -1.93. The van der Waals surface area contributed by atoms with Crippen molar-refractivity contribution in [2.75, 3.05) is 11.9 Å². The zero-order valence-electron chi connectivity index (χ0n) is 15.1. The molecule has 0 radical (unpaired) electrons. The Labute approximate surface area is 162 Å². The number of rotatable bonds is 5. The Kier molecular flexibility index (Phi) is 6.26. The van der Waals surface area contributed by atoms with E-state index in [-0.39, 0.29) is 5.97 Å². The van der Waals surface area contributed by atoms with Crippen LogP contribution in [0.15, 0.2) is 12.4 Å². The summed E-state index contributed by atoms with van der Waals surface area (Å²) in [6, 6.07) is 0. The molecule has 0 fully saturated rings. The number of aromatic nitrogens is 2. The third-order valence-electron chi connectivity index (χ3n) is 4.34. The Morgan fingerprint density at radius 1 is 1.38 bits per heavy atom. The fourth-order valence-corrected chi connectivity index (χ4v) is 4.66. The van der Waals surface area contributed by atoms with Crippen molar-refractivity contribution in [2.45, 2.75) is 45.6 Å². The zero-order chi connectivity index (χ0) is 18.5. The van der Waals surface area contributed by atoms with Crippen LogP contribution >= 0.6 is 23.6 Å². The summed E-state index contributed by atoms with van der Waals surface area (Å²) in [4.78, 5) is 13.8. The van der Waals surface area contributed by atoms with Crippen molar-refractivity contribution in [3.05, 3.63) is 34.0 Å². The second-order valence-electron chi connectivity index (χ2n) is 6.32. The summed E-state index contributed by atoms with van der Waals surface area (Å²) in [5, 5.41) is 11.8. The molecule has 0 aliphatic heterocycles. The molecule has 3 rings (SSSR count). The highest BCUT2D eigenvalue weighted by atomic mass is 32.1. The number of esters is 1. The highest BCUT2D eigenvalue weighted by Crippen LogP contribution is 2.38. The second kappa shape index (κ2) is 8.64. The lowest BCUT2D eigenvalue weighted by molar-refractivity contribution is 0.0527. The molecule has 2 N–H and O–H groups in total. The predicted octanol–water partition coefficient (Wildman–Crippen LogP) is 3.41. The lowest BCUT2D eigenvalue weighted by Gasteiger charge is -2.11. The molecule has 2 aromatic rings. The SMILES string of the molecule is CCOC(=O)c1c(NC(=S)NCc2cnn(C)c2)sc2c1CCCCC2. The van der Waals surface area contributed by atoms with Gasteiger partial charge in [-0.25, -0.2) is 4.79 Å². The number of nitrogens with one attached hydrogen (secondary N) is 2. The Balaban J connectivity index is 1.75. The molecule has 1 aliphatic rings. The van der Waals surface area contributed by atoms with Crippen molar-refractivity contribution in [3.63, 3.8) is 0 Å². The van der Waals surface area contributed by atoms with Crippen LogP contribution in [-0.2, 0) is 31.2 Å². The maximum absolute atomic E-state index is 12.5. The minimum atomic E-state index is -0.260. The minimum Gasteiger partial charge on any atom is -0.462 e. The first-order valence-electron chi connectivity index (χ1n) is 8.92. The average molecular weight is 393 g/mol. The van der Waals surface area contributed by atoms with Crippen molar-refractivity contribution in [1.29, 1.82) is 0 Å². The van der Waals surface area contributed by atoms with Gasteiger partial charge in [0.1, 0.15) is 5.00 Å². The summed E-state index contributed by atoms with van der Waals surface area (Å²) in [7, 11) is 1.88. The van der Waals surface area contributed by atoms with E-state index in [4.69, 9.17) is 17.0 Å². The van der Waals surface area contributed by atoms with E-state index in [0.29, 0.717) is 23.8 Å². The molecule has 1 aliphatic carbocycles. The molecule has 0 saturated heterocycles. The van der Waals surface area contributed by atoms with Crippen molar-refractivity contribution in [2.24, 2.45) is 7.05 Å². The van der Waals surface area contributed by atoms with E-state index in [9.17, 15) is 4.79 Å². The predicted molar refractivity (Wildman–Crippen MR) is 108 cm³/mol. The fourth-order valence-electron chi connectivity index (χ4n) is 3.14. The molecule has 0 amide bonds. The van der Waals surface area contributed by atoms with E-state index >= 15 is 0 Å². The van der Waals surface area contributed by atoms with Gasteiger partial charge in [0.05, 0.1) is 18.4 Å². The quantitative estimate of drug-likeness (QED) is 0.462. The van der Waals surface area contributed by atoms with Gasteiger partial charge in [0.2, 0.25) is 0 Å². The topological polar surface area (TPSA) is 68.2 Å². The fraction of sp³-hybridized carbons (Fsp3) is 0.500. The van der Waals surface area contributed by atoms with Gasteiger partial charge in [-0.1, -0.05) is 6.42 Å². The molecular weight excluding hydrogens is 368 g/mol. The first kappa shape index (κ1) is 18.8. The molecule has 0 saturated carbocycles. The number of anilines is 1. The molecule has 0 unspecified atom stereocenters. The van der Waals surface area contributed by atoms with Crippen molar-refractivity contribution >= 4 is 39.6 Å². The van der Waals surface area contributed by atoms with E-state index in [2.05, 4.69) is 15.7 Å². The van der Waals surface area contributed by atoms with Crippen LogP contribution in [0.1, 0.15) is 52.5 Å². The van der Waals surface area contributed by atoms with Gasteiger partial charge in [0.25, 0.3) is 0 Å². The molecular formula is C18H24N4O2S2. The second-order valence-corrected chi connectivity index (χ2v) is 7.83. The van der Waals surface area contributed by atoms with Crippen LogP contribution < -0.4 is 10.6 Å². The normalized spacial score (nSPS) is 13.6. The van der Waals surface area contributed by atoms with Crippen LogP contribution in [0.25, 0.3) is 0 Å². The number of hydrogen-bond acceptors (Lipinski definition) is 5. The van der Waals surface area contributed by atoms with Crippen molar-refractivity contribution in [1.82, 2.24) is 15.1 Å². The third kappa shape index (κ3) is 4.42. The number of carbonyl (C=O) groups is 1. The van der Waals surface area contributed by atoms with Gasteiger partial charge in [-0.05, 0) is 50.4 Å². The first-order chi connectivity index (χ1) is 12.6. The van der Waals surface area contributed by atoms with Gasteiger partial charge in [0, 0.05) is 30.2 Å². The van der Waals surface area contributed by atoms with E-state index in [1.54, 1.807) is 22.2 Å². The molecule has 0 spiro atoms. The van der Waals surface area contributed by atoms with E-state index in [0.717, 1.165) is 35.4 Å². The molecule has 0 aromatic carbocycles. The summed E-state index contributed by atoms with van der Waals surface area (Å²) in [6.45, 7) is 2.78. The summed E-state index contributed by atoms with van der Waals surface area (Å²) >= 11 is 7.05. The molecule has 2 aromatic heterocycles. The maximum Gasteiger partial charge on any atom is 0.341 e. The number of carbonyl (C=O) groups excluding carboxylic acids is 1. The number of nitrogens with zero attached hydrogens (tertiary/aromatic N) is 2. The Morgan fingerprint density at radius 3 is 2.92 bits per heavy atom. The summed E-state index contributed by atoms with van der Waals surface area (Å²) in [6.07, 6.45) is 9.16. The number of aryl methyl sites for hydroxylation is 2. The summed E-state index contributed by atoms with van der Waals surface area (Å²) in [5.74, 6) is -0.260. The third-order valence-corrected chi connectivity index (χ3v) is 5.79. The number of thiophene rings is 1. The molecule has 26 heavy (non-hydrogen) atoms. The lowest BCUT2D eigenvalue weighted by Crippen LogP contribution is -2.28. The standard InChI is InChI=1S/C18H24N4O2S2/c1-3-24-17(23)15-13-7-5-4-6-8-14(13)26-16(15)21-18(25)19-9-12-10-20-22(2)11-12/h10-11H,3-9H2,1-2H3,(H2,19,21,25). The Morgan fingerprint density at radius 2 is 2.19 bits per heavy atom. The number of thiocarbonyl (C=S) groups is 1. The first-order valence-corrected chi connectivity index (χ1v) is 10.1. The smallest absolute Gasteiger partial charge is 0.341 e. The van der Waals surface area contributed by atoms with Gasteiger partial charge in [-0.3, -0.25) is 4.68 Å². The molecule has 6 nitrogen and oxygen atoms in total. The molecule has 0 bridgehead atoms. The summed E-state index contributed by atoms with van der Waals surface area (Å²) in [5.41, 5.74) is 2.85. The number of hydrogen-bond donors (Lipinski definition) is 2. The average Bonchev–Trinajstić information content (AvgIpc) is 3.09. The molecule has 8 heteroatoms. The highest BCUT2D eigenvalue weighted by Gasteiger charge is 2.26. The number of fused-ring (bicyclic) bond motifs is 1. The minimum absolute atomic E-state index is 0.260. The molecule has 0 atom stereocenters. The van der Waals surface area contributed by atoms with Crippen LogP contribution in [0, 0.1) is 0 Å². The van der Waals surface area contributed by atoms with Gasteiger partial charge < -0.3 is 15.4 Å². The van der Waals surface area contributed by atoms with Gasteiger partial charge in [-0.2, -0.15) is 5.10 Å². The van der Waals surface area contributed by atoms with Crippen LogP contribution in [0.5, 0.6) is 0 Å². The monoisotopic (exact) mass is 392 g/mol. The van der Waals surface area contributed by atoms with Crippen LogP contribution in [0.3, 0.4) is 0 Å². The number of ether oxygens (including phenoxy) is 1. The van der Waals surface area contributed by atoms with Crippen LogP contribution in [0.2, 0.25) is 0 Å². The van der Waals surface area contributed by atoms with E-state index in [1.807, 2.05) is 20.2 Å². The van der Waals surface area contributed by atoms with E-state index in [1.165, 1.54) is 17.7 Å². The Bertz CT molecular complexity index is 797. The van der Waals surface area contributed by atoms with Gasteiger partial charge in [0.15, 0.2) is 5.11 Å². The zero-order valence-corrected chi connectivity index (χ0v) is 16.8. The summed E-state index contributed by atoms with van der Waals surface area (Å²) < 4.78 is 7.05. The maximum atomic E-state index is 12.5. The van der Waals surface area contributed by atoms with Gasteiger partial charge >= 0.3 is 5.97 Å². The van der Waals surface area contributed by atoms with E-state index < -0.39 is 0 Å². The van der Waals surface area contributed by atoms with Crippen molar-refractivity contribution < 1.29 is 9.53 Å². The highest BCUT2D eigenvalue weighted by molar-refractivity contribution is 7.80. The van der Waals surface area contributed by atoms with Gasteiger partial charge in [-0.15, -0.1) is 11.3 Å². The van der Waals surface area contributed by atoms with Crippen LogP contribution in [0.4, 0.5) is 5.00 Å². The lowest BCUT2D eigenvalue weighted by atomic mass is 10.1.